The molecule has 1 atom stereocenters. The highest BCUT2D eigenvalue weighted by atomic mass is 15.1. The highest BCUT2D eigenvalue weighted by Crippen LogP contribution is 2.30. The largest absolute Gasteiger partial charge is 0.381 e. The van der Waals surface area contributed by atoms with Gasteiger partial charge in [0, 0.05) is 18.3 Å². The second-order valence-electron chi connectivity index (χ2n) is 6.54. The highest BCUT2D eigenvalue weighted by molar-refractivity contribution is 5.54. The number of piperidine rings is 1. The van der Waals surface area contributed by atoms with E-state index in [2.05, 4.69) is 62.3 Å². The molecule has 18 heavy (non-hydrogen) atoms. The van der Waals surface area contributed by atoms with Crippen molar-refractivity contribution in [2.75, 3.05) is 25.5 Å². The number of likely N-dealkylation sites (tertiary alicyclic amines) is 1. The first-order chi connectivity index (χ1) is 8.47. The fourth-order valence-electron chi connectivity index (χ4n) is 2.77. The number of anilines is 1. The van der Waals surface area contributed by atoms with Crippen LogP contribution in [-0.2, 0) is 5.41 Å². The molecule has 1 aliphatic heterocycles. The van der Waals surface area contributed by atoms with Crippen molar-refractivity contribution in [2.45, 2.75) is 45.1 Å². The summed E-state index contributed by atoms with van der Waals surface area (Å²) >= 11 is 0. The number of nitrogens with one attached hydrogen (secondary N) is 1. The zero-order chi connectivity index (χ0) is 13.2. The summed E-state index contributed by atoms with van der Waals surface area (Å²) in [5, 5.41) is 3.74. The Hall–Kier alpha value is -1.02. The van der Waals surface area contributed by atoms with Crippen molar-refractivity contribution in [3.05, 3.63) is 29.8 Å². The van der Waals surface area contributed by atoms with Crippen molar-refractivity contribution in [1.29, 1.82) is 0 Å². The van der Waals surface area contributed by atoms with Gasteiger partial charge in [0.05, 0.1) is 0 Å². The van der Waals surface area contributed by atoms with Gasteiger partial charge in [0.25, 0.3) is 0 Å². The Bertz CT molecular complexity index is 392. The number of para-hydroxylation sites is 1. The summed E-state index contributed by atoms with van der Waals surface area (Å²) in [7, 11) is 2.21. The molecule has 0 amide bonds. The normalized spacial score (nSPS) is 21.9. The molecule has 0 spiro atoms. The number of hydrogen-bond donors (Lipinski definition) is 1. The van der Waals surface area contributed by atoms with Crippen LogP contribution in [0.25, 0.3) is 0 Å². The van der Waals surface area contributed by atoms with Crippen LogP contribution in [0.3, 0.4) is 0 Å². The van der Waals surface area contributed by atoms with Gasteiger partial charge in [0.2, 0.25) is 0 Å². The smallest absolute Gasteiger partial charge is 0.0388 e. The van der Waals surface area contributed by atoms with Gasteiger partial charge in [-0.1, -0.05) is 39.0 Å². The lowest BCUT2D eigenvalue weighted by Gasteiger charge is -2.33. The molecule has 0 aromatic heterocycles. The van der Waals surface area contributed by atoms with Gasteiger partial charge in [0.1, 0.15) is 0 Å². The van der Waals surface area contributed by atoms with Gasteiger partial charge in [-0.3, -0.25) is 0 Å². The molecule has 1 aromatic carbocycles. The summed E-state index contributed by atoms with van der Waals surface area (Å²) in [6, 6.07) is 9.32. The number of rotatable bonds is 2. The van der Waals surface area contributed by atoms with Gasteiger partial charge >= 0.3 is 0 Å². The van der Waals surface area contributed by atoms with E-state index in [0.717, 1.165) is 6.54 Å². The summed E-state index contributed by atoms with van der Waals surface area (Å²) in [4.78, 5) is 2.42. The van der Waals surface area contributed by atoms with E-state index in [9.17, 15) is 0 Å². The van der Waals surface area contributed by atoms with E-state index >= 15 is 0 Å². The van der Waals surface area contributed by atoms with Gasteiger partial charge in [-0.25, -0.2) is 0 Å². The number of hydrogen-bond acceptors (Lipinski definition) is 2. The molecule has 2 heteroatoms. The van der Waals surface area contributed by atoms with Crippen LogP contribution in [0.5, 0.6) is 0 Å². The van der Waals surface area contributed by atoms with E-state index in [1.807, 2.05) is 0 Å². The van der Waals surface area contributed by atoms with E-state index in [-0.39, 0.29) is 5.41 Å². The van der Waals surface area contributed by atoms with E-state index in [4.69, 9.17) is 0 Å². The minimum atomic E-state index is 0.199. The molecule has 1 aliphatic rings. The average Bonchev–Trinajstić information content (AvgIpc) is 2.28. The second-order valence-corrected chi connectivity index (χ2v) is 6.54. The first-order valence-electron chi connectivity index (χ1n) is 7.01. The van der Waals surface area contributed by atoms with Crippen LogP contribution in [-0.4, -0.2) is 31.1 Å². The third-order valence-corrected chi connectivity index (χ3v) is 3.72. The Labute approximate surface area is 111 Å². The van der Waals surface area contributed by atoms with Crippen LogP contribution >= 0.6 is 0 Å². The zero-order valence-corrected chi connectivity index (χ0v) is 12.2. The maximum absolute atomic E-state index is 3.74. The van der Waals surface area contributed by atoms with Crippen LogP contribution in [0.1, 0.15) is 39.2 Å². The standard InChI is InChI=1S/C16H26N2/c1-16(2,3)14-9-5-6-10-15(14)17-13-8-7-11-18(4)12-13/h5-6,9-10,13,17H,7-8,11-12H2,1-4H3. The third kappa shape index (κ3) is 3.26. The number of nitrogens with zero attached hydrogens (tertiary/aromatic N) is 1. The molecular weight excluding hydrogens is 220 g/mol. The van der Waals surface area contributed by atoms with Crippen LogP contribution in [0.15, 0.2) is 24.3 Å². The van der Waals surface area contributed by atoms with E-state index in [1.54, 1.807) is 0 Å². The number of benzene rings is 1. The van der Waals surface area contributed by atoms with Gasteiger partial charge in [-0.2, -0.15) is 0 Å². The molecule has 0 bridgehead atoms. The van der Waals surface area contributed by atoms with Crippen molar-refractivity contribution in [3.8, 4) is 0 Å². The molecule has 100 valence electrons. The Kier molecular flexibility index (Phi) is 3.96. The SMILES string of the molecule is CN1CCCC(Nc2ccccc2C(C)(C)C)C1. The Morgan fingerprint density at radius 3 is 2.61 bits per heavy atom. The lowest BCUT2D eigenvalue weighted by molar-refractivity contribution is 0.261. The Morgan fingerprint density at radius 1 is 1.22 bits per heavy atom. The average molecular weight is 246 g/mol. The molecular formula is C16H26N2. The first kappa shape index (κ1) is 13.4. The lowest BCUT2D eigenvalue weighted by atomic mass is 9.85. The molecule has 1 aromatic rings. The molecule has 1 N–H and O–H groups in total. The Balaban J connectivity index is 2.13. The van der Waals surface area contributed by atoms with Crippen molar-refractivity contribution in [3.63, 3.8) is 0 Å². The quantitative estimate of drug-likeness (QED) is 0.859. The fraction of sp³-hybridized carbons (Fsp3) is 0.625. The molecule has 1 saturated heterocycles. The lowest BCUT2D eigenvalue weighted by Crippen LogP contribution is -2.40. The first-order valence-corrected chi connectivity index (χ1v) is 7.01. The fourth-order valence-corrected chi connectivity index (χ4v) is 2.77. The van der Waals surface area contributed by atoms with Crippen LogP contribution in [0, 0.1) is 0 Å². The monoisotopic (exact) mass is 246 g/mol. The van der Waals surface area contributed by atoms with Gasteiger partial charge in [-0.05, 0) is 43.5 Å². The molecule has 0 aliphatic carbocycles. The zero-order valence-electron chi connectivity index (χ0n) is 12.2. The van der Waals surface area contributed by atoms with Crippen LogP contribution < -0.4 is 5.32 Å². The molecule has 2 rings (SSSR count). The van der Waals surface area contributed by atoms with E-state index < -0.39 is 0 Å². The van der Waals surface area contributed by atoms with Crippen LogP contribution in [0.2, 0.25) is 0 Å². The van der Waals surface area contributed by atoms with Crippen molar-refractivity contribution in [1.82, 2.24) is 4.90 Å². The molecule has 1 unspecified atom stereocenters. The van der Waals surface area contributed by atoms with E-state index in [1.165, 1.54) is 30.6 Å². The maximum atomic E-state index is 3.74. The Morgan fingerprint density at radius 2 is 1.94 bits per heavy atom. The summed E-state index contributed by atoms with van der Waals surface area (Å²) < 4.78 is 0. The number of likely N-dealkylation sites (N-methyl/N-ethyl adjacent to an activating group) is 1. The minimum absolute atomic E-state index is 0.199. The predicted molar refractivity (Wildman–Crippen MR) is 79.3 cm³/mol. The van der Waals surface area contributed by atoms with Gasteiger partial charge in [-0.15, -0.1) is 0 Å². The van der Waals surface area contributed by atoms with Gasteiger partial charge < -0.3 is 10.2 Å². The predicted octanol–water partition coefficient (Wildman–Crippen LogP) is 3.49. The van der Waals surface area contributed by atoms with Crippen molar-refractivity contribution in [2.24, 2.45) is 0 Å². The molecule has 1 heterocycles. The summed E-state index contributed by atoms with van der Waals surface area (Å²) in [6.07, 6.45) is 2.58. The summed E-state index contributed by atoms with van der Waals surface area (Å²) in [5.41, 5.74) is 2.92. The molecule has 1 fully saturated rings. The maximum Gasteiger partial charge on any atom is 0.0388 e. The molecule has 0 radical (unpaired) electrons. The third-order valence-electron chi connectivity index (χ3n) is 3.72. The molecule has 2 nitrogen and oxygen atoms in total. The summed E-state index contributed by atoms with van der Waals surface area (Å²) in [5.74, 6) is 0. The molecule has 0 saturated carbocycles. The van der Waals surface area contributed by atoms with Crippen molar-refractivity contribution >= 4 is 5.69 Å². The summed E-state index contributed by atoms with van der Waals surface area (Å²) in [6.45, 7) is 9.22. The highest BCUT2D eigenvalue weighted by Gasteiger charge is 2.21. The van der Waals surface area contributed by atoms with Crippen LogP contribution in [0.4, 0.5) is 5.69 Å². The van der Waals surface area contributed by atoms with Crippen molar-refractivity contribution < 1.29 is 0 Å². The van der Waals surface area contributed by atoms with E-state index in [0.29, 0.717) is 6.04 Å². The second kappa shape index (κ2) is 5.31. The topological polar surface area (TPSA) is 15.3 Å². The van der Waals surface area contributed by atoms with Gasteiger partial charge in [0.15, 0.2) is 0 Å². The minimum Gasteiger partial charge on any atom is -0.381 e.